The van der Waals surface area contributed by atoms with Crippen molar-refractivity contribution >= 4 is 22.6 Å². The van der Waals surface area contributed by atoms with Gasteiger partial charge in [0.25, 0.3) is 0 Å². The minimum absolute atomic E-state index is 0.000565. The summed E-state index contributed by atoms with van der Waals surface area (Å²) in [4.78, 5) is 14.3. The van der Waals surface area contributed by atoms with Crippen LogP contribution >= 0.6 is 0 Å². The number of hydrogen-bond donors (Lipinski definition) is 3. The van der Waals surface area contributed by atoms with Crippen LogP contribution in [0, 0.1) is 5.82 Å². The van der Waals surface area contributed by atoms with Crippen molar-refractivity contribution in [3.63, 3.8) is 0 Å². The zero-order valence-corrected chi connectivity index (χ0v) is 21.4. The molecule has 2 aliphatic heterocycles. The monoisotopic (exact) mass is 598 g/mol. The van der Waals surface area contributed by atoms with Crippen LogP contribution in [0.5, 0.6) is 0 Å². The lowest BCUT2D eigenvalue weighted by molar-refractivity contribution is -0.253. The van der Waals surface area contributed by atoms with Crippen LogP contribution in [0.2, 0.25) is 0 Å². The van der Waals surface area contributed by atoms with Gasteiger partial charge in [0.2, 0.25) is 5.91 Å². The molecule has 4 rings (SSSR count). The molecule has 5 atom stereocenters. The number of anilines is 1. The molecule has 0 aliphatic carbocycles. The third-order valence-electron chi connectivity index (χ3n) is 7.09. The van der Waals surface area contributed by atoms with Gasteiger partial charge in [0.05, 0.1) is 35.4 Å². The number of carbonyl (C=O) groups excluding carboxylic acids is 1. The molecule has 7 nitrogen and oxygen atoms in total. The van der Waals surface area contributed by atoms with Crippen LogP contribution in [0.3, 0.4) is 0 Å². The summed E-state index contributed by atoms with van der Waals surface area (Å²) in [6.07, 6.45) is -14.3. The molecule has 3 N–H and O–H groups in total. The Kier molecular flexibility index (Phi) is 8.50. The van der Waals surface area contributed by atoms with Crippen LogP contribution in [0.15, 0.2) is 47.4 Å². The average Bonchev–Trinajstić information content (AvgIpc) is 3.15. The van der Waals surface area contributed by atoms with E-state index >= 15 is 0 Å². The predicted molar refractivity (Wildman–Crippen MR) is 128 cm³/mol. The van der Waals surface area contributed by atoms with Crippen LogP contribution in [-0.4, -0.2) is 80.1 Å². The quantitative estimate of drug-likeness (QED) is 0.444. The van der Waals surface area contributed by atoms with Crippen molar-refractivity contribution in [1.82, 2.24) is 4.90 Å². The number of β-amino-alcohol motifs (C(OH)–C–C–N with tert-alkyl or cyclic N) is 1. The first-order chi connectivity index (χ1) is 18.6. The molecule has 2 heterocycles. The van der Waals surface area contributed by atoms with Crippen molar-refractivity contribution in [2.24, 2.45) is 0 Å². The van der Waals surface area contributed by atoms with Gasteiger partial charge in [-0.3, -0.25) is 9.10 Å². The highest BCUT2D eigenvalue weighted by molar-refractivity contribution is 7.86. The zero-order chi connectivity index (χ0) is 29.6. The van der Waals surface area contributed by atoms with E-state index in [4.69, 9.17) is 0 Å². The number of halogens is 7. The number of nitrogens with zero attached hydrogens (tertiary/aromatic N) is 2. The fourth-order valence-corrected chi connectivity index (χ4v) is 6.58. The number of hydrogen-bond acceptors (Lipinski definition) is 5. The number of aliphatic hydroxyl groups excluding tert-OH is 3. The molecule has 2 aliphatic rings. The number of aliphatic hydroxyl groups is 3. The van der Waals surface area contributed by atoms with Gasteiger partial charge in [-0.2, -0.15) is 26.3 Å². The van der Waals surface area contributed by atoms with Crippen LogP contribution in [0.25, 0.3) is 0 Å². The van der Waals surface area contributed by atoms with Gasteiger partial charge in [-0.25, -0.2) is 8.60 Å². The minimum Gasteiger partial charge on any atom is -0.394 e. The third kappa shape index (κ3) is 5.97. The summed E-state index contributed by atoms with van der Waals surface area (Å²) in [5, 5.41) is 29.6. The van der Waals surface area contributed by atoms with E-state index in [1.807, 2.05) is 0 Å². The molecule has 2 unspecified atom stereocenters. The summed E-state index contributed by atoms with van der Waals surface area (Å²) >= 11 is 0. The van der Waals surface area contributed by atoms with E-state index in [1.54, 1.807) is 0 Å². The van der Waals surface area contributed by atoms with Crippen LogP contribution in [-0.2, 0) is 22.2 Å². The number of fused-ring (bicyclic) bond motifs is 1. The molecule has 1 amide bonds. The van der Waals surface area contributed by atoms with E-state index < -0.39 is 77.4 Å². The summed E-state index contributed by atoms with van der Waals surface area (Å²) in [5.41, 5.74) is -0.944. The Labute approximate surface area is 226 Å². The lowest BCUT2D eigenvalue weighted by Gasteiger charge is -2.39. The lowest BCUT2D eigenvalue weighted by atomic mass is 9.90. The van der Waals surface area contributed by atoms with Gasteiger partial charge in [-0.15, -0.1) is 0 Å². The molecule has 0 bridgehead atoms. The maximum absolute atomic E-state index is 13.7. The fourth-order valence-electron chi connectivity index (χ4n) is 5.17. The van der Waals surface area contributed by atoms with Crippen LogP contribution < -0.4 is 4.31 Å². The first-order valence-electron chi connectivity index (χ1n) is 12.1. The molecule has 40 heavy (non-hydrogen) atoms. The number of amides is 1. The summed E-state index contributed by atoms with van der Waals surface area (Å²) in [6.45, 7) is -0.930. The molecular weight excluding hydrogens is 573 g/mol. The van der Waals surface area contributed by atoms with Crippen LogP contribution in [0.4, 0.5) is 36.4 Å². The molecular formula is C25H25F7N2O5S. The third-order valence-corrected chi connectivity index (χ3v) is 8.62. The molecule has 0 saturated carbocycles. The van der Waals surface area contributed by atoms with Gasteiger partial charge in [-0.05, 0) is 54.3 Å². The standard InChI is InChI=1S/C25H25F7N2O5S/c26-15-3-6-17(7-4-15)40(39)34-16(10-21(37)33-11-20(36)22(38)19(33)12-35)5-1-13-9-14(2-8-18(13)34)23(24(27,28)29)25(30,31)32/h2-4,6-9,16,19-20,22-23,35-36,38H,1,5,10-12H2/t16-,19?,20-,22+,40?/m0/s1. The molecule has 1 saturated heterocycles. The normalized spacial score (nSPS) is 24.4. The van der Waals surface area contributed by atoms with Crippen molar-refractivity contribution in [2.75, 3.05) is 17.5 Å². The maximum Gasteiger partial charge on any atom is 0.404 e. The number of alkyl halides is 6. The van der Waals surface area contributed by atoms with Gasteiger partial charge in [-0.1, -0.05) is 12.1 Å². The van der Waals surface area contributed by atoms with Crippen molar-refractivity contribution in [3.8, 4) is 0 Å². The molecule has 0 radical (unpaired) electrons. The average molecular weight is 599 g/mol. The van der Waals surface area contributed by atoms with Gasteiger partial charge in [0.1, 0.15) is 11.9 Å². The van der Waals surface area contributed by atoms with Crippen molar-refractivity contribution < 1.29 is 55.1 Å². The number of rotatable bonds is 6. The maximum atomic E-state index is 13.7. The number of likely N-dealkylation sites (tertiary alicyclic amines) is 1. The van der Waals surface area contributed by atoms with E-state index in [0.29, 0.717) is 6.07 Å². The van der Waals surface area contributed by atoms with Gasteiger partial charge >= 0.3 is 12.4 Å². The second-order valence-corrected chi connectivity index (χ2v) is 11.0. The minimum atomic E-state index is -5.61. The molecule has 1 fully saturated rings. The molecule has 0 aromatic heterocycles. The highest BCUT2D eigenvalue weighted by Gasteiger charge is 2.57. The second kappa shape index (κ2) is 11.3. The molecule has 220 valence electrons. The van der Waals surface area contributed by atoms with E-state index in [9.17, 15) is 55.1 Å². The van der Waals surface area contributed by atoms with Gasteiger partial charge < -0.3 is 20.2 Å². The Bertz CT molecular complexity index is 1240. The predicted octanol–water partition coefficient (Wildman–Crippen LogP) is 3.19. The molecule has 15 heteroatoms. The Balaban J connectivity index is 1.72. The number of benzene rings is 2. The summed E-state index contributed by atoms with van der Waals surface area (Å²) in [5.74, 6) is -5.00. The van der Waals surface area contributed by atoms with Gasteiger partial charge in [0.15, 0.2) is 16.9 Å². The Morgan fingerprint density at radius 3 is 2.23 bits per heavy atom. The molecule has 2 aromatic carbocycles. The lowest BCUT2D eigenvalue weighted by Crippen LogP contribution is -2.47. The van der Waals surface area contributed by atoms with E-state index in [-0.39, 0.29) is 42.0 Å². The zero-order valence-electron chi connectivity index (χ0n) is 20.6. The summed E-state index contributed by atoms with van der Waals surface area (Å²) in [6, 6.07) is 4.88. The summed E-state index contributed by atoms with van der Waals surface area (Å²) in [7, 11) is -2.16. The highest BCUT2D eigenvalue weighted by Crippen LogP contribution is 2.48. The van der Waals surface area contributed by atoms with Gasteiger partial charge in [0, 0.05) is 13.0 Å². The van der Waals surface area contributed by atoms with Crippen molar-refractivity contribution in [3.05, 3.63) is 59.4 Å². The Morgan fingerprint density at radius 2 is 1.65 bits per heavy atom. The first kappa shape index (κ1) is 30.2. The fraction of sp³-hybridized carbons (Fsp3) is 0.480. The van der Waals surface area contributed by atoms with Crippen molar-refractivity contribution in [1.29, 1.82) is 0 Å². The molecule has 0 spiro atoms. The van der Waals surface area contributed by atoms with E-state index in [1.165, 1.54) is 16.4 Å². The topological polar surface area (TPSA) is 101 Å². The number of aryl methyl sites for hydroxylation is 1. The SMILES string of the molecule is O=C(C[C@@H]1CCc2cc(C(C(F)(F)F)C(F)(F)F)ccc2N1S(=O)c1ccc(F)cc1)N1C[C@H](O)[C@H](O)C1CO. The largest absolute Gasteiger partial charge is 0.404 e. The first-order valence-corrected chi connectivity index (χ1v) is 13.2. The van der Waals surface area contributed by atoms with E-state index in [0.717, 1.165) is 29.2 Å². The van der Waals surface area contributed by atoms with Crippen molar-refractivity contribution in [2.45, 2.75) is 66.7 Å². The van der Waals surface area contributed by atoms with E-state index in [2.05, 4.69) is 0 Å². The molecule has 2 aromatic rings. The van der Waals surface area contributed by atoms with Crippen LogP contribution in [0.1, 0.15) is 29.9 Å². The highest BCUT2D eigenvalue weighted by atomic mass is 32.2. The smallest absolute Gasteiger partial charge is 0.394 e. The summed E-state index contributed by atoms with van der Waals surface area (Å²) < 4.78 is 108. The Morgan fingerprint density at radius 1 is 1.02 bits per heavy atom. The second-order valence-electron chi connectivity index (χ2n) is 9.68. The Hall–Kier alpha value is -2.75. The number of carbonyl (C=O) groups is 1.